The summed E-state index contributed by atoms with van der Waals surface area (Å²) >= 11 is 0. The predicted octanol–water partition coefficient (Wildman–Crippen LogP) is 6.46. The van der Waals surface area contributed by atoms with Crippen molar-refractivity contribution in [1.82, 2.24) is 0 Å². The Morgan fingerprint density at radius 3 is 1.55 bits per heavy atom. The zero-order valence-corrected chi connectivity index (χ0v) is 38.4. The van der Waals surface area contributed by atoms with Crippen molar-refractivity contribution in [1.29, 1.82) is 0 Å². The molecule has 2 fully saturated rings. The smallest absolute Gasteiger partial charge is 0.306 e. The van der Waals surface area contributed by atoms with Crippen LogP contribution >= 0.6 is 0 Å². The third-order valence-electron chi connectivity index (χ3n) is 11.7. The fourth-order valence-electron chi connectivity index (χ4n) is 7.67. The fourth-order valence-corrected chi connectivity index (χ4v) is 7.67. The van der Waals surface area contributed by atoms with E-state index < -0.39 is 86.7 Å². The molecule has 14 heteroatoms. The van der Waals surface area contributed by atoms with Gasteiger partial charge in [0.15, 0.2) is 12.6 Å². The summed E-state index contributed by atoms with van der Waals surface area (Å²) in [5.41, 5.74) is 0. The molecule has 11 atom stereocenters. The average Bonchev–Trinajstić information content (AvgIpc) is 3.27. The molecule has 2 aliphatic heterocycles. The lowest BCUT2D eigenvalue weighted by Crippen LogP contribution is -2.61. The van der Waals surface area contributed by atoms with E-state index in [-0.39, 0.29) is 19.6 Å². The SMILES string of the molecule is CCCCCCC/C=C\C/C=C\CCCCCCCCCCCCCCOCC(COC1OC(COC2OC(CO)C(O)C(O)C2O)C(O)C(O)C1O)OC(=O)CCCCCC. The number of unbranched alkanes of at least 4 members (excludes halogenated alkanes) is 20. The van der Waals surface area contributed by atoms with Crippen LogP contribution in [0.3, 0.4) is 0 Å². The van der Waals surface area contributed by atoms with Gasteiger partial charge in [-0.25, -0.2) is 0 Å². The zero-order valence-electron chi connectivity index (χ0n) is 38.4. The van der Waals surface area contributed by atoms with Crippen LogP contribution in [0.25, 0.3) is 0 Å². The Morgan fingerprint density at radius 1 is 0.532 bits per heavy atom. The quantitative estimate of drug-likeness (QED) is 0.0202. The van der Waals surface area contributed by atoms with E-state index in [9.17, 15) is 40.5 Å². The molecule has 0 saturated carbocycles. The van der Waals surface area contributed by atoms with Crippen LogP contribution in [-0.4, -0.2) is 142 Å². The molecule has 0 aromatic rings. The van der Waals surface area contributed by atoms with Gasteiger partial charge in [-0.15, -0.1) is 0 Å². The molecule has 2 aliphatic rings. The van der Waals surface area contributed by atoms with Crippen molar-refractivity contribution in [3.05, 3.63) is 24.3 Å². The molecule has 2 heterocycles. The van der Waals surface area contributed by atoms with E-state index in [1.54, 1.807) is 0 Å². The Labute approximate surface area is 373 Å². The molecule has 364 valence electrons. The number of rotatable bonds is 38. The van der Waals surface area contributed by atoms with E-state index in [1.165, 1.54) is 103 Å². The van der Waals surface area contributed by atoms with Gasteiger partial charge >= 0.3 is 5.97 Å². The second-order valence-corrected chi connectivity index (χ2v) is 17.3. The molecule has 0 bridgehead atoms. The third kappa shape index (κ3) is 24.7. The molecule has 0 radical (unpaired) electrons. The number of aliphatic hydroxyl groups excluding tert-OH is 7. The third-order valence-corrected chi connectivity index (χ3v) is 11.7. The molecule has 2 saturated heterocycles. The van der Waals surface area contributed by atoms with Crippen LogP contribution in [-0.2, 0) is 33.2 Å². The van der Waals surface area contributed by atoms with Gasteiger partial charge in [0.2, 0.25) is 0 Å². The number of esters is 1. The van der Waals surface area contributed by atoms with E-state index in [4.69, 9.17) is 28.4 Å². The number of aliphatic hydroxyl groups is 7. The Balaban J connectivity index is 1.62. The van der Waals surface area contributed by atoms with E-state index in [0.29, 0.717) is 13.0 Å². The number of hydrogen-bond acceptors (Lipinski definition) is 14. The van der Waals surface area contributed by atoms with Gasteiger partial charge < -0.3 is 64.2 Å². The maximum absolute atomic E-state index is 12.7. The normalized spacial score (nSPS) is 27.4. The number of allylic oxidation sites excluding steroid dienone is 4. The molecule has 2 rings (SSSR count). The van der Waals surface area contributed by atoms with Gasteiger partial charge in [-0.1, -0.05) is 147 Å². The van der Waals surface area contributed by atoms with Gasteiger partial charge in [0.05, 0.1) is 26.4 Å². The number of ether oxygens (including phenoxy) is 6. The molecule has 0 aromatic carbocycles. The van der Waals surface area contributed by atoms with Gasteiger partial charge in [-0.2, -0.15) is 0 Å². The van der Waals surface area contributed by atoms with Gasteiger partial charge in [0.25, 0.3) is 0 Å². The van der Waals surface area contributed by atoms with Crippen molar-refractivity contribution in [2.45, 2.75) is 242 Å². The molecular formula is C48H88O14. The van der Waals surface area contributed by atoms with Crippen LogP contribution in [0.2, 0.25) is 0 Å². The van der Waals surface area contributed by atoms with Gasteiger partial charge in [0, 0.05) is 13.0 Å². The molecule has 0 amide bonds. The van der Waals surface area contributed by atoms with Crippen molar-refractivity contribution < 1.29 is 69.0 Å². The summed E-state index contributed by atoms with van der Waals surface area (Å²) in [6.45, 7) is 3.54. The average molecular weight is 889 g/mol. The Kier molecular flexibility index (Phi) is 33.5. The van der Waals surface area contributed by atoms with Crippen molar-refractivity contribution in [3.63, 3.8) is 0 Å². The summed E-state index contributed by atoms with van der Waals surface area (Å²) in [6, 6.07) is 0. The summed E-state index contributed by atoms with van der Waals surface area (Å²) in [6.07, 6.45) is 21.9. The lowest BCUT2D eigenvalue weighted by Gasteiger charge is -2.42. The van der Waals surface area contributed by atoms with Crippen LogP contribution in [0.4, 0.5) is 0 Å². The molecule has 62 heavy (non-hydrogen) atoms. The van der Waals surface area contributed by atoms with E-state index in [1.807, 2.05) is 0 Å². The first-order valence-electron chi connectivity index (χ1n) is 24.4. The summed E-state index contributed by atoms with van der Waals surface area (Å²) in [5, 5.41) is 71.7. The molecule has 0 aliphatic carbocycles. The highest BCUT2D eigenvalue weighted by Gasteiger charge is 2.47. The minimum absolute atomic E-state index is 0.0615. The highest BCUT2D eigenvalue weighted by Crippen LogP contribution is 2.26. The van der Waals surface area contributed by atoms with E-state index in [2.05, 4.69) is 38.2 Å². The molecule has 11 unspecified atom stereocenters. The standard InChI is InChI=1S/C48H88O14/c1-3-5-7-9-10-11-12-13-14-15-16-17-18-19-20-21-22-23-24-25-26-27-28-30-32-57-34-37(60-40(50)31-29-8-6-4-2)35-58-47-46(56)44(54)42(52)39(62-47)36-59-48-45(55)43(53)41(51)38(33-49)61-48/h12-13,15-16,37-39,41-49,51-56H,3-11,14,17-36H2,1-2H3/b13-12-,16-15-. The van der Waals surface area contributed by atoms with E-state index >= 15 is 0 Å². The van der Waals surface area contributed by atoms with Gasteiger partial charge in [-0.3, -0.25) is 4.79 Å². The van der Waals surface area contributed by atoms with Crippen LogP contribution in [0.1, 0.15) is 174 Å². The van der Waals surface area contributed by atoms with Crippen molar-refractivity contribution in [2.24, 2.45) is 0 Å². The number of carbonyl (C=O) groups is 1. The van der Waals surface area contributed by atoms with Gasteiger partial charge in [0.1, 0.15) is 54.9 Å². The Hall–Kier alpha value is -1.53. The largest absolute Gasteiger partial charge is 0.457 e. The van der Waals surface area contributed by atoms with Crippen LogP contribution in [0.15, 0.2) is 24.3 Å². The highest BCUT2D eigenvalue weighted by molar-refractivity contribution is 5.69. The first-order chi connectivity index (χ1) is 30.1. The topological polar surface area (TPSA) is 214 Å². The first kappa shape index (κ1) is 56.6. The Morgan fingerprint density at radius 2 is 1.00 bits per heavy atom. The fraction of sp³-hybridized carbons (Fsp3) is 0.896. The maximum Gasteiger partial charge on any atom is 0.306 e. The molecule has 7 N–H and O–H groups in total. The lowest BCUT2D eigenvalue weighted by atomic mass is 9.98. The molecule has 0 aromatic heterocycles. The molecular weight excluding hydrogens is 801 g/mol. The minimum atomic E-state index is -1.70. The second-order valence-electron chi connectivity index (χ2n) is 17.3. The monoisotopic (exact) mass is 889 g/mol. The highest BCUT2D eigenvalue weighted by atomic mass is 16.7. The van der Waals surface area contributed by atoms with Crippen LogP contribution < -0.4 is 0 Å². The maximum atomic E-state index is 12.7. The van der Waals surface area contributed by atoms with Crippen molar-refractivity contribution in [3.8, 4) is 0 Å². The van der Waals surface area contributed by atoms with E-state index in [0.717, 1.165) is 44.9 Å². The van der Waals surface area contributed by atoms with Crippen LogP contribution in [0, 0.1) is 0 Å². The van der Waals surface area contributed by atoms with Crippen molar-refractivity contribution in [2.75, 3.05) is 33.0 Å². The number of carbonyl (C=O) groups excluding carboxylic acids is 1. The summed E-state index contributed by atoms with van der Waals surface area (Å²) in [4.78, 5) is 12.7. The van der Waals surface area contributed by atoms with Crippen LogP contribution in [0.5, 0.6) is 0 Å². The number of hydrogen-bond donors (Lipinski definition) is 7. The summed E-state index contributed by atoms with van der Waals surface area (Å²) < 4.78 is 33.9. The first-order valence-corrected chi connectivity index (χ1v) is 24.4. The second kappa shape index (κ2) is 36.7. The molecule has 14 nitrogen and oxygen atoms in total. The minimum Gasteiger partial charge on any atom is -0.457 e. The van der Waals surface area contributed by atoms with Gasteiger partial charge in [-0.05, 0) is 44.9 Å². The summed E-state index contributed by atoms with van der Waals surface area (Å²) in [5.74, 6) is -0.394. The lowest BCUT2D eigenvalue weighted by molar-refractivity contribution is -0.332. The zero-order chi connectivity index (χ0) is 45.2. The predicted molar refractivity (Wildman–Crippen MR) is 238 cm³/mol. The Bertz CT molecular complexity index is 1120. The molecule has 0 spiro atoms. The summed E-state index contributed by atoms with van der Waals surface area (Å²) in [7, 11) is 0. The van der Waals surface area contributed by atoms with Crippen molar-refractivity contribution >= 4 is 5.97 Å².